The molecule has 0 bridgehead atoms. The molecule has 0 aliphatic rings. The Kier molecular flexibility index (Phi) is 5.57. The van der Waals surface area contributed by atoms with Gasteiger partial charge in [0.05, 0.1) is 19.9 Å². The van der Waals surface area contributed by atoms with Crippen molar-refractivity contribution in [2.45, 2.75) is 0 Å². The van der Waals surface area contributed by atoms with Crippen LogP contribution in [0, 0.1) is 0 Å². The summed E-state index contributed by atoms with van der Waals surface area (Å²) in [6.07, 6.45) is 4.59. The molecule has 2 aromatic rings. The van der Waals surface area contributed by atoms with Crippen LogP contribution in [0.4, 0.5) is 0 Å². The van der Waals surface area contributed by atoms with Crippen molar-refractivity contribution in [1.82, 2.24) is 4.98 Å². The highest BCUT2D eigenvalue weighted by molar-refractivity contribution is 5.95. The molecule has 0 aliphatic heterocycles. The molecular weight excluding hydrogens is 298 g/mol. The summed E-state index contributed by atoms with van der Waals surface area (Å²) < 4.78 is 15.3. The molecule has 0 unspecified atom stereocenters. The molecule has 0 radical (unpaired) electrons. The normalized spacial score (nSPS) is 10.5. The Bertz CT molecular complexity index is 704. The van der Waals surface area contributed by atoms with Gasteiger partial charge < -0.3 is 19.2 Å². The molecule has 0 amide bonds. The topological polar surface area (TPSA) is 77.6 Å². The highest BCUT2D eigenvalue weighted by Gasteiger charge is 2.10. The molecule has 0 saturated heterocycles. The fourth-order valence-electron chi connectivity index (χ4n) is 1.86. The van der Waals surface area contributed by atoms with Gasteiger partial charge in [-0.05, 0) is 35.9 Å². The lowest BCUT2D eigenvalue weighted by Crippen LogP contribution is -2.12. The summed E-state index contributed by atoms with van der Waals surface area (Å²) in [6.45, 7) is -0.103. The number of carbonyl (C=O) groups excluding carboxylic acids is 2. The van der Waals surface area contributed by atoms with Crippen LogP contribution in [0.1, 0.15) is 16.1 Å². The Morgan fingerprint density at radius 1 is 1.17 bits per heavy atom. The summed E-state index contributed by atoms with van der Waals surface area (Å²) in [6, 6.07) is 8.56. The molecule has 1 aromatic heterocycles. The average Bonchev–Trinajstić information content (AvgIpc) is 3.12. The second kappa shape index (κ2) is 7.84. The van der Waals surface area contributed by atoms with Crippen molar-refractivity contribution in [3.8, 4) is 11.5 Å². The van der Waals surface area contributed by atoms with Crippen LogP contribution in [0.3, 0.4) is 0 Å². The maximum absolute atomic E-state index is 11.9. The van der Waals surface area contributed by atoms with Gasteiger partial charge in [-0.15, -0.1) is 0 Å². The van der Waals surface area contributed by atoms with Crippen molar-refractivity contribution in [3.63, 3.8) is 0 Å². The number of ketones is 1. The first-order chi connectivity index (χ1) is 11.1. The lowest BCUT2D eigenvalue weighted by atomic mass is 10.2. The third kappa shape index (κ3) is 4.47. The Labute approximate surface area is 133 Å². The van der Waals surface area contributed by atoms with E-state index >= 15 is 0 Å². The van der Waals surface area contributed by atoms with Crippen LogP contribution < -0.4 is 9.47 Å². The van der Waals surface area contributed by atoms with E-state index in [0.717, 1.165) is 5.56 Å². The minimum Gasteiger partial charge on any atom is -0.493 e. The van der Waals surface area contributed by atoms with Gasteiger partial charge in [0.2, 0.25) is 5.78 Å². The number of benzene rings is 1. The van der Waals surface area contributed by atoms with Crippen molar-refractivity contribution in [3.05, 3.63) is 53.9 Å². The second-order valence-electron chi connectivity index (χ2n) is 4.56. The minimum absolute atomic E-state index is 0.103. The van der Waals surface area contributed by atoms with Crippen LogP contribution in [-0.4, -0.2) is 37.6 Å². The number of carbonyl (C=O) groups is 2. The van der Waals surface area contributed by atoms with Gasteiger partial charge in [-0.25, -0.2) is 4.79 Å². The summed E-state index contributed by atoms with van der Waals surface area (Å²) in [5.74, 6) is 0.312. The molecule has 2 rings (SSSR count). The largest absolute Gasteiger partial charge is 0.493 e. The molecule has 0 aliphatic carbocycles. The summed E-state index contributed by atoms with van der Waals surface area (Å²) >= 11 is 0. The Morgan fingerprint density at radius 2 is 2.00 bits per heavy atom. The average molecular weight is 315 g/mol. The van der Waals surface area contributed by atoms with Crippen LogP contribution in [0.5, 0.6) is 11.5 Å². The van der Waals surface area contributed by atoms with Crippen LogP contribution in [0.15, 0.2) is 42.6 Å². The van der Waals surface area contributed by atoms with Gasteiger partial charge in [0.15, 0.2) is 18.1 Å². The standard InChI is InChI=1S/C17H17NO5/c1-21-16-10-12(6-8-17(20)22-2)5-7-15(16)23-11-14(19)13-4-3-9-18-13/h3-10,18H,11H2,1-2H3/b8-6-. The third-order valence-corrected chi connectivity index (χ3v) is 3.06. The van der Waals surface area contributed by atoms with Gasteiger partial charge in [-0.3, -0.25) is 4.79 Å². The molecule has 1 N–H and O–H groups in total. The highest BCUT2D eigenvalue weighted by atomic mass is 16.5. The molecular formula is C17H17NO5. The van der Waals surface area contributed by atoms with Crippen LogP contribution in [-0.2, 0) is 9.53 Å². The van der Waals surface area contributed by atoms with Gasteiger partial charge >= 0.3 is 5.97 Å². The van der Waals surface area contributed by atoms with Crippen molar-refractivity contribution in [2.75, 3.05) is 20.8 Å². The van der Waals surface area contributed by atoms with Crippen molar-refractivity contribution < 1.29 is 23.8 Å². The highest BCUT2D eigenvalue weighted by Crippen LogP contribution is 2.28. The molecule has 0 fully saturated rings. The number of rotatable bonds is 7. The Hall–Kier alpha value is -3.02. The van der Waals surface area contributed by atoms with E-state index in [0.29, 0.717) is 17.2 Å². The number of H-pyrrole nitrogens is 1. The lowest BCUT2D eigenvalue weighted by Gasteiger charge is -2.10. The molecule has 0 spiro atoms. The summed E-state index contributed by atoms with van der Waals surface area (Å²) in [7, 11) is 2.81. The molecule has 6 nitrogen and oxygen atoms in total. The van der Waals surface area contributed by atoms with Crippen LogP contribution in [0.2, 0.25) is 0 Å². The monoisotopic (exact) mass is 315 g/mol. The molecule has 6 heteroatoms. The number of esters is 1. The molecule has 23 heavy (non-hydrogen) atoms. The van der Waals surface area contributed by atoms with E-state index in [-0.39, 0.29) is 12.4 Å². The maximum atomic E-state index is 11.9. The fourth-order valence-corrected chi connectivity index (χ4v) is 1.86. The van der Waals surface area contributed by atoms with E-state index in [1.165, 1.54) is 20.3 Å². The van der Waals surface area contributed by atoms with Gasteiger partial charge in [0.1, 0.15) is 0 Å². The Balaban J connectivity index is 2.06. The summed E-state index contributed by atoms with van der Waals surface area (Å²) in [5, 5.41) is 0. The van der Waals surface area contributed by atoms with Gasteiger partial charge in [0.25, 0.3) is 0 Å². The van der Waals surface area contributed by atoms with Gasteiger partial charge in [-0.2, -0.15) is 0 Å². The zero-order valence-electron chi connectivity index (χ0n) is 12.9. The molecule has 120 valence electrons. The second-order valence-corrected chi connectivity index (χ2v) is 4.56. The molecule has 1 heterocycles. The van der Waals surface area contributed by atoms with E-state index in [2.05, 4.69) is 9.72 Å². The lowest BCUT2D eigenvalue weighted by molar-refractivity contribution is -0.134. The first-order valence-corrected chi connectivity index (χ1v) is 6.87. The number of methoxy groups -OCH3 is 2. The van der Waals surface area contributed by atoms with Crippen LogP contribution in [0.25, 0.3) is 6.08 Å². The first-order valence-electron chi connectivity index (χ1n) is 6.87. The molecule has 0 atom stereocenters. The van der Waals surface area contributed by atoms with Crippen molar-refractivity contribution >= 4 is 17.8 Å². The van der Waals surface area contributed by atoms with Crippen LogP contribution >= 0.6 is 0 Å². The zero-order valence-corrected chi connectivity index (χ0v) is 12.9. The van der Waals surface area contributed by atoms with E-state index in [4.69, 9.17) is 9.47 Å². The predicted octanol–water partition coefficient (Wildman–Crippen LogP) is 2.47. The SMILES string of the molecule is COC(=O)/C=C\c1ccc(OCC(=O)c2ccc[nH]2)c(OC)c1. The quantitative estimate of drug-likeness (QED) is 0.482. The fraction of sp³-hybridized carbons (Fsp3) is 0.176. The first kappa shape index (κ1) is 16.4. The van der Waals surface area contributed by atoms with E-state index in [1.807, 2.05) is 0 Å². The number of Topliss-reactive ketones (excluding diaryl/α,β-unsaturated/α-hetero) is 1. The molecule has 0 saturated carbocycles. The zero-order chi connectivity index (χ0) is 16.7. The maximum Gasteiger partial charge on any atom is 0.330 e. The third-order valence-electron chi connectivity index (χ3n) is 3.06. The smallest absolute Gasteiger partial charge is 0.330 e. The van der Waals surface area contributed by atoms with Crippen molar-refractivity contribution in [1.29, 1.82) is 0 Å². The number of aromatic nitrogens is 1. The van der Waals surface area contributed by atoms with E-state index in [1.54, 1.807) is 42.6 Å². The minimum atomic E-state index is -0.444. The number of nitrogens with one attached hydrogen (secondary N) is 1. The number of hydrogen-bond donors (Lipinski definition) is 1. The molecule has 1 aromatic carbocycles. The Morgan fingerprint density at radius 3 is 2.65 bits per heavy atom. The van der Waals surface area contributed by atoms with Crippen molar-refractivity contribution in [2.24, 2.45) is 0 Å². The van der Waals surface area contributed by atoms with Gasteiger partial charge in [-0.1, -0.05) is 6.07 Å². The summed E-state index contributed by atoms with van der Waals surface area (Å²) in [5.41, 5.74) is 1.23. The summed E-state index contributed by atoms with van der Waals surface area (Å²) in [4.78, 5) is 25.8. The number of aromatic amines is 1. The predicted molar refractivity (Wildman–Crippen MR) is 84.7 cm³/mol. The van der Waals surface area contributed by atoms with E-state index in [9.17, 15) is 9.59 Å². The number of hydrogen-bond acceptors (Lipinski definition) is 5. The number of ether oxygens (including phenoxy) is 3. The van der Waals surface area contributed by atoms with E-state index < -0.39 is 5.97 Å². The van der Waals surface area contributed by atoms with Gasteiger partial charge in [0, 0.05) is 12.3 Å².